The Labute approximate surface area is 141 Å². The van der Waals surface area contributed by atoms with Crippen LogP contribution >= 0.6 is 11.3 Å². The molecule has 0 aliphatic carbocycles. The van der Waals surface area contributed by atoms with Crippen LogP contribution in [0.1, 0.15) is 39.4 Å². The maximum absolute atomic E-state index is 11.2. The highest BCUT2D eigenvalue weighted by Gasteiger charge is 2.28. The predicted molar refractivity (Wildman–Crippen MR) is 89.2 cm³/mol. The molecule has 2 fully saturated rings. The number of carboxylic acid groups (broad SMARTS) is 1. The fourth-order valence-electron chi connectivity index (χ4n) is 3.48. The lowest BCUT2D eigenvalue weighted by Gasteiger charge is -2.38. The number of nitrogens with zero attached hydrogens (tertiary/aromatic N) is 1. The van der Waals surface area contributed by atoms with Gasteiger partial charge in [-0.05, 0) is 43.7 Å². The lowest BCUT2D eigenvalue weighted by Crippen LogP contribution is -2.46. The number of carboxylic acids is 1. The Balaban J connectivity index is 1.65. The van der Waals surface area contributed by atoms with Crippen LogP contribution in [0, 0.1) is 12.8 Å². The van der Waals surface area contributed by atoms with Crippen LogP contribution in [0.5, 0.6) is 0 Å². The minimum absolute atomic E-state index is 0.430. The summed E-state index contributed by atoms with van der Waals surface area (Å²) < 4.78 is 11.2. The quantitative estimate of drug-likeness (QED) is 0.894. The lowest BCUT2D eigenvalue weighted by atomic mass is 9.91. The van der Waals surface area contributed by atoms with Gasteiger partial charge < -0.3 is 14.6 Å². The third-order valence-corrected chi connectivity index (χ3v) is 5.98. The molecule has 3 heterocycles. The smallest absolute Gasteiger partial charge is 0.345 e. The first-order chi connectivity index (χ1) is 11.1. The zero-order valence-electron chi connectivity index (χ0n) is 13.6. The van der Waals surface area contributed by atoms with Crippen LogP contribution in [0.15, 0.2) is 6.07 Å². The molecule has 1 aromatic heterocycles. The SMILES string of the molecule is Cc1sc(C(=O)O)cc1CN1CCOCC1CC1CCOCC1. The van der Waals surface area contributed by atoms with Crippen molar-refractivity contribution >= 4 is 17.3 Å². The molecular formula is C17H25NO4S. The Hall–Kier alpha value is -0.950. The minimum atomic E-state index is -0.829. The summed E-state index contributed by atoms with van der Waals surface area (Å²) in [4.78, 5) is 15.2. The normalized spacial score (nSPS) is 24.0. The van der Waals surface area contributed by atoms with E-state index in [2.05, 4.69) is 4.90 Å². The van der Waals surface area contributed by atoms with Crippen LogP contribution in [0.2, 0.25) is 0 Å². The first-order valence-corrected chi connectivity index (χ1v) is 9.17. The van der Waals surface area contributed by atoms with E-state index in [1.807, 2.05) is 13.0 Å². The van der Waals surface area contributed by atoms with E-state index >= 15 is 0 Å². The first kappa shape index (κ1) is 16.9. The summed E-state index contributed by atoms with van der Waals surface area (Å²) in [6.07, 6.45) is 3.44. The van der Waals surface area contributed by atoms with E-state index < -0.39 is 5.97 Å². The summed E-state index contributed by atoms with van der Waals surface area (Å²) in [6.45, 7) is 7.07. The van der Waals surface area contributed by atoms with Gasteiger partial charge in [0, 0.05) is 37.2 Å². The van der Waals surface area contributed by atoms with Crippen molar-refractivity contribution in [1.29, 1.82) is 0 Å². The van der Waals surface area contributed by atoms with Gasteiger partial charge in [-0.1, -0.05) is 0 Å². The van der Waals surface area contributed by atoms with Crippen molar-refractivity contribution in [2.24, 2.45) is 5.92 Å². The molecule has 0 amide bonds. The molecule has 0 bridgehead atoms. The average Bonchev–Trinajstić information content (AvgIpc) is 2.92. The first-order valence-electron chi connectivity index (χ1n) is 8.35. The summed E-state index contributed by atoms with van der Waals surface area (Å²) in [7, 11) is 0. The van der Waals surface area contributed by atoms with Gasteiger partial charge in [0.1, 0.15) is 4.88 Å². The Morgan fingerprint density at radius 1 is 1.35 bits per heavy atom. The molecule has 2 aliphatic rings. The average molecular weight is 339 g/mol. The molecule has 128 valence electrons. The fraction of sp³-hybridized carbons (Fsp3) is 0.706. The van der Waals surface area contributed by atoms with E-state index in [0.717, 1.165) is 75.1 Å². The van der Waals surface area contributed by atoms with Crippen molar-refractivity contribution in [2.75, 3.05) is 33.0 Å². The maximum atomic E-state index is 11.2. The second kappa shape index (κ2) is 7.75. The Bertz CT molecular complexity index is 539. The molecule has 23 heavy (non-hydrogen) atoms. The van der Waals surface area contributed by atoms with E-state index in [1.54, 1.807) is 0 Å². The van der Waals surface area contributed by atoms with Gasteiger partial charge in [-0.2, -0.15) is 0 Å². The van der Waals surface area contributed by atoms with Crippen LogP contribution in [-0.4, -0.2) is 55.0 Å². The Morgan fingerprint density at radius 2 is 2.13 bits per heavy atom. The number of aryl methyl sites for hydroxylation is 1. The van der Waals surface area contributed by atoms with E-state index in [0.29, 0.717) is 10.9 Å². The number of carbonyl (C=O) groups is 1. The number of aromatic carboxylic acids is 1. The number of hydrogen-bond acceptors (Lipinski definition) is 5. The van der Waals surface area contributed by atoms with Crippen LogP contribution in [0.3, 0.4) is 0 Å². The number of hydrogen-bond donors (Lipinski definition) is 1. The van der Waals surface area contributed by atoms with Crippen molar-refractivity contribution in [1.82, 2.24) is 4.90 Å². The van der Waals surface area contributed by atoms with Gasteiger partial charge in [0.25, 0.3) is 0 Å². The van der Waals surface area contributed by atoms with E-state index in [1.165, 1.54) is 11.3 Å². The van der Waals surface area contributed by atoms with Crippen molar-refractivity contribution < 1.29 is 19.4 Å². The van der Waals surface area contributed by atoms with Crippen LogP contribution in [0.4, 0.5) is 0 Å². The topological polar surface area (TPSA) is 59.0 Å². The van der Waals surface area contributed by atoms with Crippen molar-refractivity contribution in [2.45, 2.75) is 38.8 Å². The van der Waals surface area contributed by atoms with E-state index in [-0.39, 0.29) is 0 Å². The zero-order valence-corrected chi connectivity index (χ0v) is 14.4. The molecule has 5 nitrogen and oxygen atoms in total. The Kier molecular flexibility index (Phi) is 5.69. The van der Waals surface area contributed by atoms with Gasteiger partial charge in [0.05, 0.1) is 13.2 Å². The molecule has 6 heteroatoms. The second-order valence-electron chi connectivity index (χ2n) is 6.49. The summed E-state index contributed by atoms with van der Waals surface area (Å²) in [6, 6.07) is 2.27. The number of rotatable bonds is 5. The lowest BCUT2D eigenvalue weighted by molar-refractivity contribution is -0.0290. The highest BCUT2D eigenvalue weighted by atomic mass is 32.1. The molecule has 1 N–H and O–H groups in total. The van der Waals surface area contributed by atoms with Gasteiger partial charge in [-0.3, -0.25) is 4.90 Å². The molecule has 0 spiro atoms. The fourth-order valence-corrected chi connectivity index (χ4v) is 4.36. The zero-order chi connectivity index (χ0) is 16.2. The monoisotopic (exact) mass is 339 g/mol. The minimum Gasteiger partial charge on any atom is -0.477 e. The summed E-state index contributed by atoms with van der Waals surface area (Å²) in [5.74, 6) is -0.110. The third kappa shape index (κ3) is 4.32. The van der Waals surface area contributed by atoms with Crippen LogP contribution in [-0.2, 0) is 16.0 Å². The van der Waals surface area contributed by atoms with Crippen molar-refractivity contribution in [3.8, 4) is 0 Å². The van der Waals surface area contributed by atoms with Gasteiger partial charge in [0.15, 0.2) is 0 Å². The van der Waals surface area contributed by atoms with E-state index in [9.17, 15) is 4.79 Å². The number of thiophene rings is 1. The van der Waals surface area contributed by atoms with Crippen LogP contribution in [0.25, 0.3) is 0 Å². The maximum Gasteiger partial charge on any atom is 0.345 e. The van der Waals surface area contributed by atoms with Gasteiger partial charge in [0.2, 0.25) is 0 Å². The van der Waals surface area contributed by atoms with Gasteiger partial charge in [-0.25, -0.2) is 4.79 Å². The molecule has 1 atom stereocenters. The van der Waals surface area contributed by atoms with Gasteiger partial charge in [-0.15, -0.1) is 11.3 Å². The highest BCUT2D eigenvalue weighted by molar-refractivity contribution is 7.14. The summed E-state index contributed by atoms with van der Waals surface area (Å²) in [5.41, 5.74) is 1.14. The molecule has 2 aliphatic heterocycles. The molecule has 0 radical (unpaired) electrons. The summed E-state index contributed by atoms with van der Waals surface area (Å²) >= 11 is 1.37. The largest absolute Gasteiger partial charge is 0.477 e. The predicted octanol–water partition coefficient (Wildman–Crippen LogP) is 2.77. The number of ether oxygens (including phenoxy) is 2. The summed E-state index contributed by atoms with van der Waals surface area (Å²) in [5, 5.41) is 9.16. The molecule has 1 aromatic rings. The molecule has 0 aromatic carbocycles. The second-order valence-corrected chi connectivity index (χ2v) is 7.74. The molecule has 0 saturated carbocycles. The van der Waals surface area contributed by atoms with Crippen LogP contribution < -0.4 is 0 Å². The molecule has 2 saturated heterocycles. The number of morpholine rings is 1. The molecule has 3 rings (SSSR count). The van der Waals surface area contributed by atoms with E-state index in [4.69, 9.17) is 14.6 Å². The molecular weight excluding hydrogens is 314 g/mol. The molecule has 1 unspecified atom stereocenters. The van der Waals surface area contributed by atoms with Crippen molar-refractivity contribution in [3.05, 3.63) is 21.4 Å². The third-order valence-electron chi connectivity index (χ3n) is 4.90. The highest BCUT2D eigenvalue weighted by Crippen LogP contribution is 2.28. The standard InChI is InChI=1S/C17H25NO4S/c1-12-14(9-16(23-12)17(19)20)10-18-4-7-22-11-15(18)8-13-2-5-21-6-3-13/h9,13,15H,2-8,10-11H2,1H3,(H,19,20). The van der Waals surface area contributed by atoms with Gasteiger partial charge >= 0.3 is 5.97 Å². The van der Waals surface area contributed by atoms with Crippen molar-refractivity contribution in [3.63, 3.8) is 0 Å². The Morgan fingerprint density at radius 3 is 2.83 bits per heavy atom.